The van der Waals surface area contributed by atoms with E-state index in [1.807, 2.05) is 17.7 Å². The van der Waals surface area contributed by atoms with Crippen molar-refractivity contribution in [2.75, 3.05) is 26.2 Å². The number of amides is 1. The SMILES string of the molecule is CCn1cc(Br)cc1C(=O)N1CCN(S(=O)(=O)c2ccc(F)cc2F)CC1. The van der Waals surface area contributed by atoms with Crippen LogP contribution in [0, 0.1) is 11.6 Å². The van der Waals surface area contributed by atoms with Gasteiger partial charge >= 0.3 is 0 Å². The van der Waals surface area contributed by atoms with Crippen LogP contribution in [0.5, 0.6) is 0 Å². The van der Waals surface area contributed by atoms with E-state index >= 15 is 0 Å². The molecule has 2 heterocycles. The van der Waals surface area contributed by atoms with Crippen molar-refractivity contribution in [3.8, 4) is 0 Å². The number of carbonyl (C=O) groups is 1. The molecule has 0 radical (unpaired) electrons. The first-order chi connectivity index (χ1) is 12.7. The maximum Gasteiger partial charge on any atom is 0.270 e. The van der Waals surface area contributed by atoms with Crippen molar-refractivity contribution in [2.45, 2.75) is 18.4 Å². The Hall–Kier alpha value is -1.78. The molecule has 27 heavy (non-hydrogen) atoms. The molecule has 1 amide bonds. The molecule has 0 atom stereocenters. The van der Waals surface area contributed by atoms with Gasteiger partial charge in [-0.25, -0.2) is 17.2 Å². The number of hydrogen-bond donors (Lipinski definition) is 0. The highest BCUT2D eigenvalue weighted by atomic mass is 79.9. The molecule has 2 aromatic rings. The number of nitrogens with zero attached hydrogens (tertiary/aromatic N) is 3. The Morgan fingerprint density at radius 3 is 2.41 bits per heavy atom. The fourth-order valence-corrected chi connectivity index (χ4v) is 4.96. The Balaban J connectivity index is 1.74. The second-order valence-corrected chi connectivity index (χ2v) is 8.92. The molecule has 146 valence electrons. The van der Waals surface area contributed by atoms with Crippen LogP contribution in [0.25, 0.3) is 0 Å². The van der Waals surface area contributed by atoms with Crippen LogP contribution in [0.2, 0.25) is 0 Å². The Labute approximate surface area is 164 Å². The van der Waals surface area contributed by atoms with Crippen LogP contribution in [0.15, 0.2) is 39.8 Å². The molecule has 0 aliphatic carbocycles. The monoisotopic (exact) mass is 461 g/mol. The van der Waals surface area contributed by atoms with Crippen LogP contribution >= 0.6 is 15.9 Å². The first-order valence-corrected chi connectivity index (χ1v) is 10.6. The van der Waals surface area contributed by atoms with Crippen LogP contribution in [0.3, 0.4) is 0 Å². The second-order valence-electron chi connectivity index (χ2n) is 6.10. The molecule has 1 fully saturated rings. The van der Waals surface area contributed by atoms with Crippen LogP contribution in [-0.4, -0.2) is 54.3 Å². The molecule has 6 nitrogen and oxygen atoms in total. The zero-order chi connectivity index (χ0) is 19.8. The number of piperazine rings is 1. The first-order valence-electron chi connectivity index (χ1n) is 8.34. The van der Waals surface area contributed by atoms with Gasteiger partial charge in [-0.3, -0.25) is 4.79 Å². The summed E-state index contributed by atoms with van der Waals surface area (Å²) in [5.41, 5.74) is 0.519. The molecule has 1 aromatic carbocycles. The van der Waals surface area contributed by atoms with E-state index in [0.29, 0.717) is 18.3 Å². The summed E-state index contributed by atoms with van der Waals surface area (Å²) in [4.78, 5) is 13.7. The summed E-state index contributed by atoms with van der Waals surface area (Å²) >= 11 is 3.35. The highest BCUT2D eigenvalue weighted by Crippen LogP contribution is 2.23. The number of hydrogen-bond acceptors (Lipinski definition) is 3. The van der Waals surface area contributed by atoms with Gasteiger partial charge in [0.15, 0.2) is 0 Å². The minimum absolute atomic E-state index is 0.0406. The lowest BCUT2D eigenvalue weighted by atomic mass is 10.3. The van der Waals surface area contributed by atoms with Gasteiger partial charge in [0.2, 0.25) is 10.0 Å². The minimum Gasteiger partial charge on any atom is -0.343 e. The van der Waals surface area contributed by atoms with Gasteiger partial charge in [0.05, 0.1) is 0 Å². The molecule has 10 heteroatoms. The average Bonchev–Trinajstić information content (AvgIpc) is 3.01. The number of aryl methyl sites for hydroxylation is 1. The van der Waals surface area contributed by atoms with Crippen molar-refractivity contribution in [2.24, 2.45) is 0 Å². The third kappa shape index (κ3) is 3.92. The largest absolute Gasteiger partial charge is 0.343 e. The van der Waals surface area contributed by atoms with E-state index in [1.54, 1.807) is 11.0 Å². The van der Waals surface area contributed by atoms with Crippen molar-refractivity contribution in [3.63, 3.8) is 0 Å². The van der Waals surface area contributed by atoms with E-state index < -0.39 is 26.6 Å². The van der Waals surface area contributed by atoms with Crippen molar-refractivity contribution in [1.82, 2.24) is 13.8 Å². The van der Waals surface area contributed by atoms with Gasteiger partial charge in [-0.05, 0) is 41.1 Å². The lowest BCUT2D eigenvalue weighted by Crippen LogP contribution is -2.50. The van der Waals surface area contributed by atoms with Gasteiger partial charge in [0.1, 0.15) is 22.2 Å². The summed E-state index contributed by atoms with van der Waals surface area (Å²) in [6, 6.07) is 4.10. The van der Waals surface area contributed by atoms with Gasteiger partial charge in [0.25, 0.3) is 5.91 Å². The molecule has 1 aromatic heterocycles. The van der Waals surface area contributed by atoms with Gasteiger partial charge in [-0.1, -0.05) is 0 Å². The molecule has 0 unspecified atom stereocenters. The van der Waals surface area contributed by atoms with Gasteiger partial charge in [0, 0.05) is 49.5 Å². The Morgan fingerprint density at radius 2 is 1.81 bits per heavy atom. The van der Waals surface area contributed by atoms with Crippen molar-refractivity contribution < 1.29 is 22.0 Å². The quantitative estimate of drug-likeness (QED) is 0.702. The zero-order valence-electron chi connectivity index (χ0n) is 14.5. The normalized spacial score (nSPS) is 15.9. The molecular formula is C17H18BrF2N3O3S. The summed E-state index contributed by atoms with van der Waals surface area (Å²) in [7, 11) is -4.09. The second kappa shape index (κ2) is 7.69. The Bertz CT molecular complexity index is 970. The van der Waals surface area contributed by atoms with E-state index in [0.717, 1.165) is 20.9 Å². The topological polar surface area (TPSA) is 62.6 Å². The van der Waals surface area contributed by atoms with Gasteiger partial charge < -0.3 is 9.47 Å². The van der Waals surface area contributed by atoms with Crippen LogP contribution in [0.1, 0.15) is 17.4 Å². The number of benzene rings is 1. The van der Waals surface area contributed by atoms with Crippen LogP contribution < -0.4 is 0 Å². The molecule has 0 bridgehead atoms. The van der Waals surface area contributed by atoms with Crippen molar-refractivity contribution in [3.05, 3.63) is 52.3 Å². The fourth-order valence-electron chi connectivity index (χ4n) is 3.03. The summed E-state index contributed by atoms with van der Waals surface area (Å²) in [6.07, 6.45) is 1.81. The van der Waals surface area contributed by atoms with Crippen molar-refractivity contribution in [1.29, 1.82) is 0 Å². The van der Waals surface area contributed by atoms with Crippen LogP contribution in [0.4, 0.5) is 8.78 Å². The molecule has 0 spiro atoms. The Morgan fingerprint density at radius 1 is 1.15 bits per heavy atom. The molecule has 1 aliphatic rings. The van der Waals surface area contributed by atoms with E-state index in [9.17, 15) is 22.0 Å². The molecule has 0 saturated carbocycles. The molecule has 0 N–H and O–H groups in total. The number of halogens is 3. The minimum atomic E-state index is -4.09. The maximum absolute atomic E-state index is 13.9. The number of aromatic nitrogens is 1. The first kappa shape index (κ1) is 20.0. The predicted octanol–water partition coefficient (Wildman–Crippen LogP) is 2.70. The lowest BCUT2D eigenvalue weighted by Gasteiger charge is -2.34. The number of sulfonamides is 1. The zero-order valence-corrected chi connectivity index (χ0v) is 16.9. The highest BCUT2D eigenvalue weighted by molar-refractivity contribution is 9.10. The molecular weight excluding hydrogens is 444 g/mol. The smallest absolute Gasteiger partial charge is 0.270 e. The number of rotatable bonds is 4. The highest BCUT2D eigenvalue weighted by Gasteiger charge is 2.32. The van der Waals surface area contributed by atoms with Crippen LogP contribution in [-0.2, 0) is 16.6 Å². The summed E-state index contributed by atoms with van der Waals surface area (Å²) < 4.78 is 55.9. The summed E-state index contributed by atoms with van der Waals surface area (Å²) in [5, 5.41) is 0. The maximum atomic E-state index is 13.9. The average molecular weight is 462 g/mol. The third-order valence-corrected chi connectivity index (χ3v) is 6.83. The van der Waals surface area contributed by atoms with E-state index in [-0.39, 0.29) is 32.1 Å². The van der Waals surface area contributed by atoms with E-state index in [1.165, 1.54) is 0 Å². The van der Waals surface area contributed by atoms with Crippen molar-refractivity contribution >= 4 is 31.9 Å². The summed E-state index contributed by atoms with van der Waals surface area (Å²) in [6.45, 7) is 3.01. The standard InChI is InChI=1S/C17H18BrF2N3O3S/c1-2-21-11-12(18)9-15(21)17(24)22-5-7-23(8-6-22)27(25,26)16-4-3-13(19)10-14(16)20/h3-4,9-11H,2,5-8H2,1H3. The Kier molecular flexibility index (Phi) is 5.68. The number of carbonyl (C=O) groups excluding carboxylic acids is 1. The van der Waals surface area contributed by atoms with E-state index in [4.69, 9.17) is 0 Å². The predicted molar refractivity (Wildman–Crippen MR) is 98.8 cm³/mol. The lowest BCUT2D eigenvalue weighted by molar-refractivity contribution is 0.0687. The van der Waals surface area contributed by atoms with Gasteiger partial charge in [-0.2, -0.15) is 4.31 Å². The fraction of sp³-hybridized carbons (Fsp3) is 0.353. The third-order valence-electron chi connectivity index (χ3n) is 4.46. The molecule has 1 saturated heterocycles. The van der Waals surface area contributed by atoms with E-state index in [2.05, 4.69) is 15.9 Å². The summed E-state index contributed by atoms with van der Waals surface area (Å²) in [5.74, 6) is -2.15. The van der Waals surface area contributed by atoms with Gasteiger partial charge in [-0.15, -0.1) is 0 Å². The molecule has 3 rings (SSSR count). The molecule has 1 aliphatic heterocycles.